The highest BCUT2D eigenvalue weighted by Gasteiger charge is 2.46. The molecule has 4 heterocycles. The van der Waals surface area contributed by atoms with Gasteiger partial charge in [-0.15, -0.1) is 20.7 Å². The van der Waals surface area contributed by atoms with Crippen molar-refractivity contribution in [2.75, 3.05) is 65.3 Å². The summed E-state index contributed by atoms with van der Waals surface area (Å²) in [4.78, 5) is 16.4. The van der Waals surface area contributed by atoms with E-state index >= 15 is 4.39 Å². The van der Waals surface area contributed by atoms with Gasteiger partial charge in [-0.05, 0) is 48.6 Å². The number of nitrogens with one attached hydrogen (secondary N) is 1. The number of pyridine rings is 3. The predicted octanol–water partition coefficient (Wildman–Crippen LogP) is 7.82. The van der Waals surface area contributed by atoms with Gasteiger partial charge in [-0.1, -0.05) is 12.8 Å². The maximum Gasteiger partial charge on any atom is 0.417 e. The van der Waals surface area contributed by atoms with Crippen LogP contribution in [-0.4, -0.2) is 76.2 Å². The molecule has 0 unspecified atom stereocenters. The van der Waals surface area contributed by atoms with Gasteiger partial charge in [0.2, 0.25) is 5.91 Å². The third-order valence-corrected chi connectivity index (χ3v) is 9.92. The summed E-state index contributed by atoms with van der Waals surface area (Å²) < 4.78 is 136. The Morgan fingerprint density at radius 3 is 1.97 bits per heavy atom. The lowest BCUT2D eigenvalue weighted by Gasteiger charge is -2.13. The molecule has 1 aromatic carbocycles. The maximum absolute atomic E-state index is 15.3. The quantitative estimate of drug-likeness (QED) is 0.0335. The third-order valence-electron chi connectivity index (χ3n) is 9.65. The molecule has 4 aromatic rings. The molecule has 0 spiro atoms. The number of nitrogens with zero attached hydrogens (tertiary/aromatic N) is 3. The van der Waals surface area contributed by atoms with E-state index in [-0.39, 0.29) is 60.8 Å². The minimum absolute atomic E-state index is 0.0308. The van der Waals surface area contributed by atoms with Crippen molar-refractivity contribution in [3.8, 4) is 22.6 Å². The van der Waals surface area contributed by atoms with Crippen LogP contribution in [-0.2, 0) is 48.9 Å². The van der Waals surface area contributed by atoms with Gasteiger partial charge in [0.15, 0.2) is 12.4 Å². The molecule has 0 bridgehead atoms. The summed E-state index contributed by atoms with van der Waals surface area (Å²) in [6, 6.07) is 8.52. The molecule has 60 heavy (non-hydrogen) atoms. The number of unbranched alkanes of at least 4 members (excludes halogenated alkanes) is 3. The Hall–Kier alpha value is -4.29. The zero-order chi connectivity index (χ0) is 43.1. The second-order valence-electron chi connectivity index (χ2n) is 14.0. The van der Waals surface area contributed by atoms with Crippen molar-refractivity contribution in [1.29, 1.82) is 0 Å². The van der Waals surface area contributed by atoms with Crippen LogP contribution in [0.3, 0.4) is 0 Å². The topological polar surface area (TPSA) is 86.7 Å². The Balaban J connectivity index is 1.12. The minimum atomic E-state index is -4.69. The number of amides is 1. The van der Waals surface area contributed by atoms with Crippen LogP contribution in [0.15, 0.2) is 67.1 Å². The van der Waals surface area contributed by atoms with Crippen LogP contribution in [0.5, 0.6) is 0 Å². The molecule has 18 heteroatoms. The lowest BCUT2D eigenvalue weighted by molar-refractivity contribution is -0.910. The van der Waals surface area contributed by atoms with Crippen molar-refractivity contribution in [2.45, 2.75) is 63.5 Å². The first kappa shape index (κ1) is 46.8. The van der Waals surface area contributed by atoms with Crippen LogP contribution >= 0.6 is 11.6 Å². The van der Waals surface area contributed by atoms with Crippen LogP contribution in [0.2, 0.25) is 0 Å². The number of ether oxygens (including phenoxy) is 4. The van der Waals surface area contributed by atoms with E-state index in [1.165, 1.54) is 10.8 Å². The number of hydrogen-bond acceptors (Lipinski definition) is 6. The molecular weight excluding hydrogens is 828 g/mol. The molecule has 3 aromatic heterocycles. The Bertz CT molecular complexity index is 2000. The van der Waals surface area contributed by atoms with Crippen LogP contribution in [0.25, 0.3) is 22.6 Å². The number of aromatic nitrogens is 3. The van der Waals surface area contributed by atoms with Gasteiger partial charge in [0, 0.05) is 67.5 Å². The van der Waals surface area contributed by atoms with Crippen LogP contribution in [0.1, 0.15) is 60.5 Å². The number of hydrogen-bond donors (Lipinski definition) is 1. The van der Waals surface area contributed by atoms with Gasteiger partial charge in [0.05, 0.1) is 63.1 Å². The summed E-state index contributed by atoms with van der Waals surface area (Å²) in [6.07, 6.45) is -2.42. The molecule has 0 aliphatic carbocycles. The highest BCUT2D eigenvalue weighted by molar-refractivity contribution is 6.17. The third kappa shape index (κ3) is 13.6. The highest BCUT2D eigenvalue weighted by atomic mass is 35.5. The van der Waals surface area contributed by atoms with Gasteiger partial charge in [-0.2, -0.15) is 26.3 Å². The van der Waals surface area contributed by atoms with Crippen molar-refractivity contribution in [2.24, 2.45) is 0 Å². The lowest BCUT2D eigenvalue weighted by Crippen LogP contribution is -2.53. The van der Waals surface area contributed by atoms with Gasteiger partial charge < -0.3 is 24.3 Å². The number of aryl methyl sites for hydroxylation is 1. The molecule has 0 saturated carbocycles. The standard InChI is InChI=1S/C42H46ClF8N4O5/c43-11-3-1-2-4-15-57-17-19-59-21-22-60-20-18-58-16-12-52-38(56)8-5-29-9-13-54-36(23-29)37-26-31(41(46,47)48)10-14-55(37)39(54)25-30-24-33(44)27-34(45)40(30)35-7-6-32(28-53-35)42(49,50)51/h6-7,9-10,13-14,23-24,26-28,39H,1-5,8,11-12,15-22,25H2/q+1/p+1/t39-/m1/s1. The summed E-state index contributed by atoms with van der Waals surface area (Å²) in [5, 5.41) is 2.77. The summed E-state index contributed by atoms with van der Waals surface area (Å²) in [5.74, 6) is -1.60. The summed E-state index contributed by atoms with van der Waals surface area (Å²) in [7, 11) is 0. The minimum Gasteiger partial charge on any atom is -0.379 e. The summed E-state index contributed by atoms with van der Waals surface area (Å²) >= 11 is 5.66. The summed E-state index contributed by atoms with van der Waals surface area (Å²) in [6.45, 7) is 3.76. The van der Waals surface area contributed by atoms with Crippen LogP contribution in [0.4, 0.5) is 35.1 Å². The molecule has 1 amide bonds. The van der Waals surface area contributed by atoms with E-state index in [1.54, 1.807) is 22.9 Å². The van der Waals surface area contributed by atoms with Crippen molar-refractivity contribution >= 4 is 17.5 Å². The average molecular weight is 875 g/mol. The van der Waals surface area contributed by atoms with Crippen LogP contribution in [0, 0.1) is 11.6 Å². The molecule has 5 rings (SSSR count). The number of carbonyl (C=O) groups is 1. The van der Waals surface area contributed by atoms with Gasteiger partial charge >= 0.3 is 18.5 Å². The fourth-order valence-corrected chi connectivity index (χ4v) is 6.85. The smallest absolute Gasteiger partial charge is 0.379 e. The Morgan fingerprint density at radius 2 is 1.33 bits per heavy atom. The second-order valence-corrected chi connectivity index (χ2v) is 14.4. The fourth-order valence-electron chi connectivity index (χ4n) is 6.66. The van der Waals surface area contributed by atoms with Gasteiger partial charge in [0.1, 0.15) is 18.1 Å². The Morgan fingerprint density at radius 1 is 0.717 bits per heavy atom. The van der Waals surface area contributed by atoms with Gasteiger partial charge in [-0.25, -0.2) is 8.78 Å². The molecule has 326 valence electrons. The van der Waals surface area contributed by atoms with Crippen molar-refractivity contribution in [1.82, 2.24) is 10.3 Å². The zero-order valence-electron chi connectivity index (χ0n) is 32.7. The van der Waals surface area contributed by atoms with Gasteiger partial charge in [-0.3, -0.25) is 9.78 Å². The van der Waals surface area contributed by atoms with E-state index in [2.05, 4.69) is 10.3 Å². The largest absolute Gasteiger partial charge is 0.417 e. The first-order chi connectivity index (χ1) is 28.8. The number of carbonyl (C=O) groups excluding carboxylic acids is 1. The molecular formula is C42H47ClF8N4O5+2. The normalized spacial score (nSPS) is 13.7. The molecule has 1 aliphatic rings. The second kappa shape index (κ2) is 22.5. The molecule has 0 saturated heterocycles. The van der Waals surface area contributed by atoms with E-state index in [4.69, 9.17) is 30.5 Å². The first-order valence-corrected chi connectivity index (χ1v) is 20.1. The fraction of sp³-hybridized carbons (Fsp3) is 0.476. The van der Waals surface area contributed by atoms with E-state index in [0.29, 0.717) is 75.6 Å². The van der Waals surface area contributed by atoms with E-state index in [1.807, 2.05) is 0 Å². The molecule has 1 aliphatic heterocycles. The number of fused-ring (bicyclic) bond motifs is 3. The van der Waals surface area contributed by atoms with Crippen molar-refractivity contribution < 1.29 is 68.0 Å². The molecule has 1 N–H and O–H groups in total. The van der Waals surface area contributed by atoms with Crippen molar-refractivity contribution in [3.63, 3.8) is 0 Å². The molecule has 0 fully saturated rings. The van der Waals surface area contributed by atoms with Crippen LogP contribution < -0.4 is 14.5 Å². The number of alkyl halides is 7. The lowest BCUT2D eigenvalue weighted by atomic mass is 9.98. The Kier molecular flexibility index (Phi) is 17.6. The highest BCUT2D eigenvalue weighted by Crippen LogP contribution is 2.35. The SMILES string of the molecule is O=C(CCc1cc[n+]2c(c1)-c1cc(C(F)(F)F)cc[n+]1[C@@H]2Cc1cc(F)cc(F)c1-c1ccc(C(F)(F)F)cn1)NCCOCCOCCOCCOCCCCCCCl. The molecule has 9 nitrogen and oxygen atoms in total. The number of benzene rings is 1. The Labute approximate surface area is 347 Å². The number of rotatable bonds is 24. The van der Waals surface area contributed by atoms with E-state index in [9.17, 15) is 35.5 Å². The number of halogens is 9. The molecule has 1 atom stereocenters. The summed E-state index contributed by atoms with van der Waals surface area (Å²) in [5.41, 5.74) is -1.21. The zero-order valence-corrected chi connectivity index (χ0v) is 33.5. The van der Waals surface area contributed by atoms with Gasteiger partial charge in [0.25, 0.3) is 11.4 Å². The van der Waals surface area contributed by atoms with Crippen molar-refractivity contribution in [3.05, 3.63) is 101 Å². The maximum atomic E-state index is 15.3. The average Bonchev–Trinajstić information content (AvgIpc) is 3.50. The predicted molar refractivity (Wildman–Crippen MR) is 204 cm³/mol. The monoisotopic (exact) mass is 874 g/mol. The van der Waals surface area contributed by atoms with E-state index in [0.717, 1.165) is 56.0 Å². The van der Waals surface area contributed by atoms with E-state index < -0.39 is 41.3 Å². The molecule has 0 radical (unpaired) electrons. The first-order valence-electron chi connectivity index (χ1n) is 19.6.